The zero-order valence-electron chi connectivity index (χ0n) is 77.2. The molecular formula is C138H78N4S. The number of nitrogens with zero attached hydrogens (tertiary/aromatic N) is 4. The third-order valence-corrected chi connectivity index (χ3v) is 33.6. The molecule has 0 atom stereocenters. The third-order valence-electron chi connectivity index (χ3n) is 32.3. The molecule has 656 valence electrons. The summed E-state index contributed by atoms with van der Waals surface area (Å²) < 4.78 is 12.9. The van der Waals surface area contributed by atoms with Gasteiger partial charge in [0.15, 0.2) is 0 Å². The Balaban J connectivity index is 0.0000000842. The maximum absolute atomic E-state index is 2.57. The molecule has 0 spiro atoms. The van der Waals surface area contributed by atoms with Crippen molar-refractivity contribution >= 4 is 270 Å². The Kier molecular flexibility index (Phi) is 15.8. The quantitative estimate of drug-likeness (QED) is 0.148. The first kappa shape index (κ1) is 77.5. The monoisotopic (exact) mass is 1820 g/mol. The topological polar surface area (TPSA) is 17.6 Å². The average molecular weight is 1820 g/mol. The molecule has 0 aliphatic rings. The van der Waals surface area contributed by atoms with E-state index in [0.717, 1.165) is 0 Å². The molecular weight excluding hydrogens is 1750 g/mol. The molecule has 0 saturated carbocycles. The van der Waals surface area contributed by atoms with Crippen molar-refractivity contribution in [2.45, 2.75) is 0 Å². The van der Waals surface area contributed by atoms with E-state index >= 15 is 0 Å². The number of rotatable bonds is 6. The normalized spacial score (nSPS) is 12.5. The highest BCUT2D eigenvalue weighted by molar-refractivity contribution is 7.26. The van der Waals surface area contributed by atoms with Gasteiger partial charge in [-0.1, -0.05) is 437 Å². The lowest BCUT2D eigenvalue weighted by Crippen LogP contribution is -1.87. The van der Waals surface area contributed by atoms with Crippen LogP contribution >= 0.6 is 11.3 Å². The predicted molar refractivity (Wildman–Crippen MR) is 615 cm³/mol. The predicted octanol–water partition coefficient (Wildman–Crippen LogP) is 38.7. The molecule has 0 N–H and O–H groups in total. The Labute approximate surface area is 821 Å². The number of fused-ring (bicyclic) bond motifs is 31. The lowest BCUT2D eigenvalue weighted by molar-refractivity contribution is 1.37. The summed E-state index contributed by atoms with van der Waals surface area (Å²) in [6, 6.07) is 174. The number of hydrogen-bond acceptors (Lipinski definition) is 1. The minimum Gasteiger partial charge on any atom is -0.307 e. The zero-order valence-corrected chi connectivity index (χ0v) is 78.0. The number of hydrogen-bond donors (Lipinski definition) is 0. The first-order valence-electron chi connectivity index (χ1n) is 49.7. The van der Waals surface area contributed by atoms with Crippen molar-refractivity contribution in [1.29, 1.82) is 0 Å². The molecule has 27 aromatic carbocycles. The molecule has 0 aliphatic heterocycles. The van der Waals surface area contributed by atoms with E-state index in [1.807, 2.05) is 11.3 Å². The van der Waals surface area contributed by atoms with Gasteiger partial charge in [0.1, 0.15) is 0 Å². The van der Waals surface area contributed by atoms with Crippen LogP contribution in [0.3, 0.4) is 0 Å². The number of benzene rings is 27. The van der Waals surface area contributed by atoms with E-state index in [1.165, 1.54) is 325 Å². The minimum absolute atomic E-state index is 1.24. The molecule has 0 amide bonds. The van der Waals surface area contributed by atoms with Crippen molar-refractivity contribution in [1.82, 2.24) is 17.6 Å². The van der Waals surface area contributed by atoms with Gasteiger partial charge in [-0.05, 0) is 162 Å². The molecule has 0 fully saturated rings. The lowest BCUT2D eigenvalue weighted by atomic mass is 9.93. The standard InChI is InChI=1S/C36H19NS.2C36H21N.C30H17N/c1-2-9-21-20(8-1)23-11-7-16-30-32(23)33-24(21)18-19-27-25-12-5-13-26(34(25)37(30)35(27)33)29-15-6-14-28-22-10-3-4-17-31(22)38-36(28)29;1-2-9-22(10-3-1)23-11-6-12-24(21-23)25-15-7-17-30-31-20-19-29-27-14-5-4-13-26(27)28-16-8-18-32-33(28)34(29)36(31)37(32)35(25)30;1-2-8-22(9-3-1)23-16-18-24(19-17-23)25-12-6-14-30-31-21-20-29-27-11-5-4-10-26(27)28-13-7-15-32-33(28)34(29)36(31)37(32)35(25)30;1-2-8-18(9-3-1)19-12-6-14-24-25-17-16-23-21-11-5-4-10-20(21)22-13-7-15-26-27(22)28(23)30(25)31(26)29(19)24/h1-19H;2*1-21H;1-17H. The van der Waals surface area contributed by atoms with E-state index in [2.05, 4.69) is 491 Å². The van der Waals surface area contributed by atoms with Gasteiger partial charge < -0.3 is 17.6 Å². The number of aromatic nitrogens is 4. The van der Waals surface area contributed by atoms with Gasteiger partial charge in [-0.3, -0.25) is 0 Å². The summed E-state index contributed by atoms with van der Waals surface area (Å²) in [5.74, 6) is 0. The van der Waals surface area contributed by atoms with E-state index < -0.39 is 0 Å². The lowest BCUT2D eigenvalue weighted by Gasteiger charge is -2.10. The van der Waals surface area contributed by atoms with Crippen molar-refractivity contribution in [3.05, 3.63) is 473 Å². The maximum atomic E-state index is 2.57. The maximum Gasteiger partial charge on any atom is 0.0627 e. The Hall–Kier alpha value is -18.5. The van der Waals surface area contributed by atoms with Gasteiger partial charge in [0.2, 0.25) is 0 Å². The van der Waals surface area contributed by atoms with Crippen LogP contribution in [0.2, 0.25) is 0 Å². The van der Waals surface area contributed by atoms with Gasteiger partial charge >= 0.3 is 0 Å². The molecule has 0 bridgehead atoms. The Morgan fingerprint density at radius 2 is 0.343 bits per heavy atom. The molecule has 0 unspecified atom stereocenters. The number of thiophene rings is 1. The van der Waals surface area contributed by atoms with Gasteiger partial charge in [0, 0.05) is 134 Å². The van der Waals surface area contributed by atoms with Crippen molar-refractivity contribution < 1.29 is 0 Å². The summed E-state index contributed by atoms with van der Waals surface area (Å²) >= 11 is 1.91. The summed E-state index contributed by atoms with van der Waals surface area (Å²) in [6.07, 6.45) is 0. The van der Waals surface area contributed by atoms with Crippen molar-refractivity contribution in [3.63, 3.8) is 0 Å². The Morgan fingerprint density at radius 1 is 0.119 bits per heavy atom. The first-order valence-corrected chi connectivity index (χ1v) is 50.5. The van der Waals surface area contributed by atoms with Gasteiger partial charge in [0.05, 0.1) is 66.2 Å². The molecule has 9 heterocycles. The molecule has 0 saturated heterocycles. The fourth-order valence-electron chi connectivity index (χ4n) is 26.6. The van der Waals surface area contributed by atoms with Crippen LogP contribution in [0, 0.1) is 0 Å². The van der Waals surface area contributed by atoms with Gasteiger partial charge in [-0.15, -0.1) is 11.3 Å². The molecule has 36 rings (SSSR count). The second-order valence-electron chi connectivity index (χ2n) is 39.2. The summed E-state index contributed by atoms with van der Waals surface area (Å²) in [4.78, 5) is 0. The van der Waals surface area contributed by atoms with Gasteiger partial charge in [-0.2, -0.15) is 0 Å². The largest absolute Gasteiger partial charge is 0.307 e. The Morgan fingerprint density at radius 3 is 0.720 bits per heavy atom. The fraction of sp³-hybridized carbons (Fsp3) is 0. The molecule has 9 aromatic heterocycles. The van der Waals surface area contributed by atoms with E-state index in [-0.39, 0.29) is 0 Å². The van der Waals surface area contributed by atoms with Crippen LogP contribution in [0.15, 0.2) is 473 Å². The van der Waals surface area contributed by atoms with Crippen LogP contribution in [0.5, 0.6) is 0 Å². The molecule has 143 heavy (non-hydrogen) atoms. The SMILES string of the molecule is c1ccc(-c2ccc(-c3cccc4c5ccc6c7ccccc7c7cccc8c7c6c5n8c34)cc2)cc1.c1ccc(-c2cccc(-c3cccc4c5ccc6c7ccccc7c7cccc8c7c6c5n8c34)c2)cc1.c1ccc(-c2cccc3c4ccc5c6ccccc6c6cccc7c6c5c4n7c23)cc1.c1ccc2c(c1)sc1c(-c3cccc4c5ccc6c7ccccc7c7cccc8c7c6c5n8c34)cccc12. The second-order valence-corrected chi connectivity index (χ2v) is 40.3. The second kappa shape index (κ2) is 29.1. The Bertz CT molecular complexity index is 11700. The number of para-hydroxylation sites is 4. The van der Waals surface area contributed by atoms with Gasteiger partial charge in [0.25, 0.3) is 0 Å². The fourth-order valence-corrected chi connectivity index (χ4v) is 27.9. The zero-order chi connectivity index (χ0) is 92.8. The van der Waals surface area contributed by atoms with E-state index in [1.54, 1.807) is 0 Å². The summed E-state index contributed by atoms with van der Waals surface area (Å²) in [7, 11) is 0. The van der Waals surface area contributed by atoms with E-state index in [0.29, 0.717) is 0 Å². The van der Waals surface area contributed by atoms with Gasteiger partial charge in [-0.25, -0.2) is 0 Å². The first-order chi connectivity index (χ1) is 71.1. The smallest absolute Gasteiger partial charge is 0.0627 e. The van der Waals surface area contributed by atoms with Crippen LogP contribution in [0.4, 0.5) is 0 Å². The van der Waals surface area contributed by atoms with Crippen molar-refractivity contribution in [2.24, 2.45) is 0 Å². The molecule has 5 heteroatoms. The molecule has 0 aliphatic carbocycles. The van der Waals surface area contributed by atoms with Crippen LogP contribution < -0.4 is 0 Å². The van der Waals surface area contributed by atoms with Crippen LogP contribution in [-0.4, -0.2) is 17.6 Å². The highest BCUT2D eigenvalue weighted by Gasteiger charge is 2.31. The molecule has 0 radical (unpaired) electrons. The van der Waals surface area contributed by atoms with Crippen LogP contribution in [0.1, 0.15) is 0 Å². The average Bonchev–Trinajstić information content (AvgIpc) is 1.53. The summed E-state index contributed by atoms with van der Waals surface area (Å²) in [5.41, 5.74) is 31.0. The van der Waals surface area contributed by atoms with Crippen LogP contribution in [-0.2, 0) is 0 Å². The summed E-state index contributed by atoms with van der Waals surface area (Å²) in [5, 5.41) is 45.9. The molecule has 36 aromatic rings. The highest BCUT2D eigenvalue weighted by Crippen LogP contribution is 2.56. The highest BCUT2D eigenvalue weighted by atomic mass is 32.1. The summed E-state index contributed by atoms with van der Waals surface area (Å²) in [6.45, 7) is 0. The third kappa shape index (κ3) is 10.4. The molecule has 4 nitrogen and oxygen atoms in total. The minimum atomic E-state index is 1.24. The van der Waals surface area contributed by atoms with E-state index in [4.69, 9.17) is 0 Å². The van der Waals surface area contributed by atoms with E-state index in [9.17, 15) is 0 Å². The van der Waals surface area contributed by atoms with Crippen molar-refractivity contribution in [2.75, 3.05) is 0 Å². The van der Waals surface area contributed by atoms with Crippen molar-refractivity contribution in [3.8, 4) is 66.8 Å². The van der Waals surface area contributed by atoms with Crippen LogP contribution in [0.25, 0.3) is 325 Å².